The van der Waals surface area contributed by atoms with Gasteiger partial charge in [-0.25, -0.2) is 0 Å². The van der Waals surface area contributed by atoms with E-state index in [1.54, 1.807) is 6.08 Å². The highest BCUT2D eigenvalue weighted by Gasteiger charge is 2.62. The number of thioether (sulfide) groups is 2. The Kier molecular flexibility index (Phi) is 5.51. The lowest BCUT2D eigenvalue weighted by atomic mass is 9.55. The van der Waals surface area contributed by atoms with Crippen LogP contribution >= 0.6 is 23.5 Å². The minimum Gasteiger partial charge on any atom is -0.547 e. The molecule has 1 saturated carbocycles. The van der Waals surface area contributed by atoms with Crippen molar-refractivity contribution in [1.29, 1.82) is 0 Å². The molecule has 0 aromatic rings. The summed E-state index contributed by atoms with van der Waals surface area (Å²) in [7, 11) is -2.03. The van der Waals surface area contributed by atoms with Crippen molar-refractivity contribution in [3.63, 3.8) is 0 Å². The number of rotatable bonds is 2. The molecule has 4 aliphatic rings. The highest BCUT2D eigenvalue weighted by atomic mass is 32.2. The zero-order chi connectivity index (χ0) is 22.1. The van der Waals surface area contributed by atoms with Crippen LogP contribution in [0.4, 0.5) is 0 Å². The van der Waals surface area contributed by atoms with Gasteiger partial charge in [0, 0.05) is 17.8 Å². The van der Waals surface area contributed by atoms with E-state index in [-0.39, 0.29) is 32.5 Å². The smallest absolute Gasteiger partial charge is 0.250 e. The Balaban J connectivity index is 1.82. The molecule has 2 fully saturated rings. The fourth-order valence-corrected chi connectivity index (χ4v) is 10.0. The standard InChI is InChI=1S/C24H36O3S2Si/c1-15-11-19(25)17-12-20(27-30(6,7)22(2,3)4)16-13-24(28-9-8-10-29-24)14-18(16)23(17,5)21(15)26/h11,17-18H,8-10,12-14H2,1-7H3/t17-,18-,23+/m1/s1. The van der Waals surface area contributed by atoms with Gasteiger partial charge in [0.25, 0.3) is 0 Å². The van der Waals surface area contributed by atoms with Gasteiger partial charge in [-0.2, -0.15) is 0 Å². The van der Waals surface area contributed by atoms with E-state index >= 15 is 0 Å². The molecule has 3 aliphatic carbocycles. The summed E-state index contributed by atoms with van der Waals surface area (Å²) in [6.07, 6.45) is 5.44. The molecule has 1 saturated heterocycles. The molecular weight excluding hydrogens is 428 g/mol. The van der Waals surface area contributed by atoms with Gasteiger partial charge in [0.15, 0.2) is 11.6 Å². The molecule has 0 aromatic carbocycles. The average molecular weight is 465 g/mol. The maximum absolute atomic E-state index is 13.5. The Labute approximate surface area is 191 Å². The van der Waals surface area contributed by atoms with Crippen LogP contribution in [0.5, 0.6) is 0 Å². The highest BCUT2D eigenvalue weighted by molar-refractivity contribution is 8.18. The van der Waals surface area contributed by atoms with Gasteiger partial charge in [0.1, 0.15) is 0 Å². The van der Waals surface area contributed by atoms with Gasteiger partial charge < -0.3 is 4.43 Å². The summed E-state index contributed by atoms with van der Waals surface area (Å²) in [5, 5.41) is 0.102. The van der Waals surface area contributed by atoms with E-state index in [0.29, 0.717) is 12.0 Å². The number of carbonyl (C=O) groups is 2. The molecule has 0 amide bonds. The fraction of sp³-hybridized carbons (Fsp3) is 0.750. The van der Waals surface area contributed by atoms with Gasteiger partial charge in [0.05, 0.1) is 9.84 Å². The normalized spacial score (nSPS) is 34.0. The van der Waals surface area contributed by atoms with Crippen LogP contribution in [0.15, 0.2) is 23.0 Å². The molecule has 0 unspecified atom stereocenters. The fourth-order valence-electron chi connectivity index (χ4n) is 5.48. The second kappa shape index (κ2) is 7.28. The Hall–Kier alpha value is -0.463. The predicted octanol–water partition coefficient (Wildman–Crippen LogP) is 6.36. The molecule has 0 N–H and O–H groups in total. The van der Waals surface area contributed by atoms with E-state index in [4.69, 9.17) is 4.43 Å². The van der Waals surface area contributed by atoms with Crippen LogP contribution in [0.2, 0.25) is 18.1 Å². The summed E-state index contributed by atoms with van der Waals surface area (Å²) in [6, 6.07) is 0. The third-order valence-corrected chi connectivity index (χ3v) is 16.1. The molecule has 6 heteroatoms. The van der Waals surface area contributed by atoms with E-state index < -0.39 is 13.7 Å². The molecule has 1 spiro atoms. The van der Waals surface area contributed by atoms with Crippen molar-refractivity contribution in [2.24, 2.45) is 17.3 Å². The number of hydrogen-bond acceptors (Lipinski definition) is 5. The van der Waals surface area contributed by atoms with Gasteiger partial charge in [-0.3, -0.25) is 9.59 Å². The lowest BCUT2D eigenvalue weighted by Gasteiger charge is -2.49. The Bertz CT molecular complexity index is 845. The first-order valence-corrected chi connectivity index (χ1v) is 16.1. The van der Waals surface area contributed by atoms with E-state index in [2.05, 4.69) is 64.3 Å². The van der Waals surface area contributed by atoms with Crippen molar-refractivity contribution in [3.8, 4) is 0 Å². The van der Waals surface area contributed by atoms with Crippen molar-refractivity contribution in [2.45, 2.75) is 82.5 Å². The first-order chi connectivity index (χ1) is 13.8. The zero-order valence-corrected chi connectivity index (χ0v) is 22.1. The Morgan fingerprint density at radius 3 is 2.37 bits per heavy atom. The van der Waals surface area contributed by atoms with Gasteiger partial charge in [0.2, 0.25) is 8.32 Å². The lowest BCUT2D eigenvalue weighted by molar-refractivity contribution is -0.140. The monoisotopic (exact) mass is 464 g/mol. The number of carbonyl (C=O) groups excluding carboxylic acids is 2. The third kappa shape index (κ3) is 3.40. The van der Waals surface area contributed by atoms with Crippen molar-refractivity contribution >= 4 is 43.4 Å². The maximum Gasteiger partial charge on any atom is 0.250 e. The molecule has 1 aliphatic heterocycles. The van der Waals surface area contributed by atoms with Crippen LogP contribution in [-0.2, 0) is 14.0 Å². The van der Waals surface area contributed by atoms with E-state index in [1.807, 2.05) is 6.92 Å². The number of hydrogen-bond donors (Lipinski definition) is 0. The molecule has 0 radical (unpaired) electrons. The molecule has 30 heavy (non-hydrogen) atoms. The number of fused-ring (bicyclic) bond motifs is 3. The molecule has 0 bridgehead atoms. The molecule has 166 valence electrons. The average Bonchev–Trinajstić information content (AvgIpc) is 3.01. The SMILES string of the molecule is CC1=CC(=O)[C@H]2CC(O[Si](C)(C)C(C)(C)C)=C3CC4(C[C@H]3[C@@]2(C)C1=O)SCCCS4. The van der Waals surface area contributed by atoms with Crippen LogP contribution in [0, 0.1) is 17.3 Å². The molecular formula is C24H36O3S2Si. The minimum absolute atomic E-state index is 0.102. The summed E-state index contributed by atoms with van der Waals surface area (Å²) >= 11 is 4.16. The second-order valence-electron chi connectivity index (χ2n) is 11.3. The van der Waals surface area contributed by atoms with Gasteiger partial charge in [-0.15, -0.1) is 23.5 Å². The van der Waals surface area contributed by atoms with E-state index in [0.717, 1.165) is 18.6 Å². The van der Waals surface area contributed by atoms with E-state index in [9.17, 15) is 9.59 Å². The third-order valence-electron chi connectivity index (χ3n) is 8.34. The molecule has 3 atom stereocenters. The van der Waals surface area contributed by atoms with Crippen molar-refractivity contribution in [2.75, 3.05) is 11.5 Å². The van der Waals surface area contributed by atoms with Crippen LogP contribution < -0.4 is 0 Å². The predicted molar refractivity (Wildman–Crippen MR) is 130 cm³/mol. The number of Topliss-reactive ketones (excluding diaryl/α,β-unsaturated/α-hetero) is 1. The zero-order valence-electron chi connectivity index (χ0n) is 19.5. The lowest BCUT2D eigenvalue weighted by Crippen LogP contribution is -2.52. The van der Waals surface area contributed by atoms with Crippen LogP contribution in [0.25, 0.3) is 0 Å². The molecule has 0 aromatic heterocycles. The number of allylic oxidation sites excluding steroid dienone is 4. The molecule has 3 nitrogen and oxygen atoms in total. The van der Waals surface area contributed by atoms with Crippen molar-refractivity contribution in [1.82, 2.24) is 0 Å². The summed E-state index contributed by atoms with van der Waals surface area (Å²) in [5.74, 6) is 3.59. The summed E-state index contributed by atoms with van der Waals surface area (Å²) < 4.78 is 7.06. The summed E-state index contributed by atoms with van der Waals surface area (Å²) in [5.41, 5.74) is 1.38. The molecule has 1 heterocycles. The summed E-state index contributed by atoms with van der Waals surface area (Å²) in [6.45, 7) is 15.3. The van der Waals surface area contributed by atoms with Gasteiger partial charge in [-0.1, -0.05) is 27.7 Å². The summed E-state index contributed by atoms with van der Waals surface area (Å²) in [4.78, 5) is 26.7. The van der Waals surface area contributed by atoms with Gasteiger partial charge >= 0.3 is 0 Å². The first-order valence-electron chi connectivity index (χ1n) is 11.3. The van der Waals surface area contributed by atoms with Crippen molar-refractivity contribution in [3.05, 3.63) is 23.0 Å². The topological polar surface area (TPSA) is 43.4 Å². The highest BCUT2D eigenvalue weighted by Crippen LogP contribution is 2.66. The minimum atomic E-state index is -2.03. The largest absolute Gasteiger partial charge is 0.547 e. The Morgan fingerprint density at radius 1 is 1.13 bits per heavy atom. The van der Waals surface area contributed by atoms with E-state index in [1.165, 1.54) is 23.5 Å². The maximum atomic E-state index is 13.5. The van der Waals surface area contributed by atoms with Crippen molar-refractivity contribution < 1.29 is 14.0 Å². The van der Waals surface area contributed by atoms with Gasteiger partial charge in [-0.05, 0) is 79.0 Å². The molecule has 4 rings (SSSR count). The first kappa shape index (κ1) is 22.7. The van der Waals surface area contributed by atoms with Crippen LogP contribution in [-0.4, -0.2) is 35.5 Å². The van der Waals surface area contributed by atoms with Crippen LogP contribution in [0.1, 0.15) is 60.3 Å². The Morgan fingerprint density at radius 2 is 1.77 bits per heavy atom. The quantitative estimate of drug-likeness (QED) is 0.445. The second-order valence-corrected chi connectivity index (χ2v) is 19.2. The van der Waals surface area contributed by atoms with Crippen LogP contribution in [0.3, 0.4) is 0 Å². The number of ketones is 2.